The number of anilines is 1. The van der Waals surface area contributed by atoms with Gasteiger partial charge >= 0.3 is 0 Å². The molecule has 0 fully saturated rings. The monoisotopic (exact) mass is 467 g/mol. The summed E-state index contributed by atoms with van der Waals surface area (Å²) in [6, 6.07) is 14.1. The number of benzene rings is 2. The number of rotatable bonds is 4. The molecule has 26 heavy (non-hydrogen) atoms. The van der Waals surface area contributed by atoms with Crippen LogP contribution >= 0.6 is 24.0 Å². The Morgan fingerprint density at radius 3 is 2.65 bits per heavy atom. The average Bonchev–Trinajstić information content (AvgIpc) is 2.85. The zero-order valence-corrected chi connectivity index (χ0v) is 17.5. The normalized spacial score (nSPS) is 13.7. The van der Waals surface area contributed by atoms with Crippen molar-refractivity contribution >= 4 is 35.6 Å². The molecule has 1 aliphatic heterocycles. The molecule has 0 spiro atoms. The van der Waals surface area contributed by atoms with Gasteiger partial charge in [-0.2, -0.15) is 0 Å². The van der Waals surface area contributed by atoms with Gasteiger partial charge in [-0.15, -0.1) is 24.0 Å². The maximum absolute atomic E-state index is 6.03. The van der Waals surface area contributed by atoms with E-state index >= 15 is 0 Å². The number of nitrogens with zero attached hydrogens (tertiary/aromatic N) is 1. The minimum atomic E-state index is 0. The van der Waals surface area contributed by atoms with Crippen molar-refractivity contribution in [3.05, 3.63) is 53.6 Å². The molecule has 0 unspecified atom stereocenters. The van der Waals surface area contributed by atoms with E-state index in [9.17, 15) is 0 Å². The van der Waals surface area contributed by atoms with Crippen molar-refractivity contribution in [1.29, 1.82) is 0 Å². The van der Waals surface area contributed by atoms with Gasteiger partial charge in [0.2, 0.25) is 0 Å². The zero-order chi connectivity index (χ0) is 17.6. The Morgan fingerprint density at radius 2 is 1.88 bits per heavy atom. The fourth-order valence-electron chi connectivity index (χ4n) is 2.65. The first-order chi connectivity index (χ1) is 12.1. The summed E-state index contributed by atoms with van der Waals surface area (Å²) >= 11 is 0. The molecule has 1 aliphatic rings. The van der Waals surface area contributed by atoms with Crippen LogP contribution in [0.4, 0.5) is 5.69 Å². The molecule has 0 radical (unpaired) electrons. The standard InChI is InChI=1S/C20H25N3O2.HI/c1-14(2)16-5-3-6-17(12-16)23-20(21)22-13-15-7-8-18-19(11-15)25-10-4-9-24-18;/h3,5-8,11-12,14H,4,9-10,13H2,1-2H3,(H3,21,22,23);1H. The minimum absolute atomic E-state index is 0. The van der Waals surface area contributed by atoms with Crippen LogP contribution < -0.4 is 20.5 Å². The maximum Gasteiger partial charge on any atom is 0.193 e. The van der Waals surface area contributed by atoms with Crippen molar-refractivity contribution in [2.75, 3.05) is 18.5 Å². The van der Waals surface area contributed by atoms with Gasteiger partial charge in [0.15, 0.2) is 17.5 Å². The molecule has 6 heteroatoms. The molecule has 0 amide bonds. The predicted octanol–water partition coefficient (Wildman–Crippen LogP) is 4.52. The predicted molar refractivity (Wildman–Crippen MR) is 117 cm³/mol. The highest BCUT2D eigenvalue weighted by molar-refractivity contribution is 14.0. The molecule has 3 rings (SSSR count). The summed E-state index contributed by atoms with van der Waals surface area (Å²) in [5.74, 6) is 2.44. The van der Waals surface area contributed by atoms with Crippen molar-refractivity contribution < 1.29 is 9.47 Å². The van der Waals surface area contributed by atoms with Crippen molar-refractivity contribution in [3.8, 4) is 11.5 Å². The number of fused-ring (bicyclic) bond motifs is 1. The van der Waals surface area contributed by atoms with Gasteiger partial charge < -0.3 is 20.5 Å². The molecule has 0 saturated heterocycles. The number of halogens is 1. The van der Waals surface area contributed by atoms with Gasteiger partial charge in [-0.05, 0) is 41.3 Å². The second-order valence-corrected chi connectivity index (χ2v) is 6.44. The molecule has 2 aromatic rings. The first kappa shape index (κ1) is 20.4. The van der Waals surface area contributed by atoms with Crippen LogP contribution in [0.15, 0.2) is 47.5 Å². The number of nitrogens with two attached hydrogens (primary N) is 1. The number of hydrogen-bond acceptors (Lipinski definition) is 3. The summed E-state index contributed by atoms with van der Waals surface area (Å²) in [6.07, 6.45) is 0.897. The van der Waals surface area contributed by atoms with Crippen LogP contribution in [-0.2, 0) is 6.54 Å². The van der Waals surface area contributed by atoms with Crippen LogP contribution in [0.5, 0.6) is 11.5 Å². The molecule has 0 bridgehead atoms. The summed E-state index contributed by atoms with van der Waals surface area (Å²) < 4.78 is 11.3. The van der Waals surface area contributed by atoms with E-state index in [0.717, 1.165) is 29.2 Å². The number of hydrogen-bond donors (Lipinski definition) is 2. The van der Waals surface area contributed by atoms with Gasteiger partial charge in [0.25, 0.3) is 0 Å². The molecule has 1 heterocycles. The van der Waals surface area contributed by atoms with Gasteiger partial charge in [0.05, 0.1) is 19.8 Å². The molecule has 0 aromatic heterocycles. The highest BCUT2D eigenvalue weighted by Crippen LogP contribution is 2.30. The zero-order valence-electron chi connectivity index (χ0n) is 15.2. The number of nitrogens with one attached hydrogen (secondary N) is 1. The fourth-order valence-corrected chi connectivity index (χ4v) is 2.65. The first-order valence-electron chi connectivity index (χ1n) is 8.67. The van der Waals surface area contributed by atoms with Crippen LogP contribution in [0.25, 0.3) is 0 Å². The topological polar surface area (TPSA) is 68.9 Å². The third kappa shape index (κ3) is 5.52. The van der Waals surface area contributed by atoms with Crippen LogP contribution in [0.2, 0.25) is 0 Å². The highest BCUT2D eigenvalue weighted by atomic mass is 127. The van der Waals surface area contributed by atoms with Crippen LogP contribution in [0.1, 0.15) is 37.3 Å². The fraction of sp³-hybridized carbons (Fsp3) is 0.350. The largest absolute Gasteiger partial charge is 0.490 e. The van der Waals surface area contributed by atoms with E-state index in [-0.39, 0.29) is 24.0 Å². The first-order valence-corrected chi connectivity index (χ1v) is 8.67. The molecular formula is C20H26IN3O2. The van der Waals surface area contributed by atoms with Gasteiger partial charge in [-0.25, -0.2) is 4.99 Å². The molecule has 0 atom stereocenters. The average molecular weight is 467 g/mol. The second-order valence-electron chi connectivity index (χ2n) is 6.44. The molecule has 0 saturated carbocycles. The van der Waals surface area contributed by atoms with Crippen molar-refractivity contribution in [3.63, 3.8) is 0 Å². The summed E-state index contributed by atoms with van der Waals surface area (Å²) in [5, 5.41) is 3.15. The smallest absolute Gasteiger partial charge is 0.193 e. The van der Waals surface area contributed by atoms with Crippen LogP contribution in [0, 0.1) is 0 Å². The highest BCUT2D eigenvalue weighted by Gasteiger charge is 2.10. The lowest BCUT2D eigenvalue weighted by atomic mass is 10.0. The number of aliphatic imine (C=N–C) groups is 1. The molecule has 0 aliphatic carbocycles. The lowest BCUT2D eigenvalue weighted by Crippen LogP contribution is -2.22. The Kier molecular flexibility index (Phi) is 7.56. The van der Waals surface area contributed by atoms with E-state index in [2.05, 4.69) is 36.3 Å². The Morgan fingerprint density at radius 1 is 1.12 bits per heavy atom. The van der Waals surface area contributed by atoms with Crippen molar-refractivity contribution in [1.82, 2.24) is 0 Å². The summed E-state index contributed by atoms with van der Waals surface area (Å²) in [5.41, 5.74) is 9.27. The summed E-state index contributed by atoms with van der Waals surface area (Å²) in [7, 11) is 0. The molecule has 2 aromatic carbocycles. The van der Waals surface area contributed by atoms with Crippen molar-refractivity contribution in [2.24, 2.45) is 10.7 Å². The minimum Gasteiger partial charge on any atom is -0.490 e. The number of ether oxygens (including phenoxy) is 2. The van der Waals surface area contributed by atoms with Crippen LogP contribution in [-0.4, -0.2) is 19.2 Å². The SMILES string of the molecule is CC(C)c1cccc(NC(N)=NCc2ccc3c(c2)OCCCO3)c1.I. The van der Waals surface area contributed by atoms with E-state index in [1.807, 2.05) is 30.3 Å². The maximum atomic E-state index is 6.03. The van der Waals surface area contributed by atoms with E-state index in [1.54, 1.807) is 0 Å². The third-order valence-corrected chi connectivity index (χ3v) is 4.07. The van der Waals surface area contributed by atoms with Crippen LogP contribution in [0.3, 0.4) is 0 Å². The Labute approximate surface area is 172 Å². The summed E-state index contributed by atoms with van der Waals surface area (Å²) in [6.45, 7) is 6.19. The Bertz CT molecular complexity index is 762. The molecule has 140 valence electrons. The van der Waals surface area contributed by atoms with Gasteiger partial charge in [-0.3, -0.25) is 0 Å². The Hall–Kier alpha value is -1.96. The Balaban J connectivity index is 0.00000243. The molecular weight excluding hydrogens is 441 g/mol. The molecule has 5 nitrogen and oxygen atoms in total. The quantitative estimate of drug-likeness (QED) is 0.394. The van der Waals surface area contributed by atoms with E-state index in [0.29, 0.717) is 31.6 Å². The van der Waals surface area contributed by atoms with E-state index in [1.165, 1.54) is 5.56 Å². The van der Waals surface area contributed by atoms with Gasteiger partial charge in [0.1, 0.15) is 0 Å². The third-order valence-electron chi connectivity index (χ3n) is 4.07. The number of guanidine groups is 1. The van der Waals surface area contributed by atoms with E-state index < -0.39 is 0 Å². The van der Waals surface area contributed by atoms with Gasteiger partial charge in [0, 0.05) is 12.1 Å². The van der Waals surface area contributed by atoms with E-state index in [4.69, 9.17) is 15.2 Å². The molecule has 3 N–H and O–H groups in total. The van der Waals surface area contributed by atoms with Crippen molar-refractivity contribution in [2.45, 2.75) is 32.7 Å². The second kappa shape index (κ2) is 9.66. The van der Waals surface area contributed by atoms with Gasteiger partial charge in [-0.1, -0.05) is 32.0 Å². The lowest BCUT2D eigenvalue weighted by molar-refractivity contribution is 0.297. The summed E-state index contributed by atoms with van der Waals surface area (Å²) in [4.78, 5) is 4.42. The lowest BCUT2D eigenvalue weighted by Gasteiger charge is -2.10.